The molecule has 21 heavy (non-hydrogen) atoms. The van der Waals surface area contributed by atoms with Crippen molar-refractivity contribution in [2.75, 3.05) is 18.8 Å². The van der Waals surface area contributed by atoms with Crippen LogP contribution in [-0.4, -0.2) is 39.6 Å². The van der Waals surface area contributed by atoms with Crippen LogP contribution >= 0.6 is 23.1 Å². The number of nitrogens with zero attached hydrogens (tertiary/aromatic N) is 3. The Labute approximate surface area is 129 Å². The number of nitro groups is 1. The summed E-state index contributed by atoms with van der Waals surface area (Å²) in [6.07, 6.45) is 2.17. The van der Waals surface area contributed by atoms with Gasteiger partial charge in [0.1, 0.15) is 0 Å². The van der Waals surface area contributed by atoms with Crippen LogP contribution in [0.15, 0.2) is 22.5 Å². The third-order valence-electron chi connectivity index (χ3n) is 3.34. The van der Waals surface area contributed by atoms with Gasteiger partial charge in [-0.2, -0.15) is 0 Å². The first-order chi connectivity index (χ1) is 10.1. The van der Waals surface area contributed by atoms with Crippen molar-refractivity contribution in [3.63, 3.8) is 0 Å². The van der Waals surface area contributed by atoms with Gasteiger partial charge in [-0.3, -0.25) is 14.9 Å². The fourth-order valence-electron chi connectivity index (χ4n) is 2.25. The maximum Gasteiger partial charge on any atom is 0.270 e. The Kier molecular flexibility index (Phi) is 4.07. The monoisotopic (exact) mass is 323 g/mol. The van der Waals surface area contributed by atoms with Crippen LogP contribution in [0.3, 0.4) is 0 Å². The van der Waals surface area contributed by atoms with Gasteiger partial charge in [0.25, 0.3) is 5.69 Å². The molecule has 1 saturated heterocycles. The van der Waals surface area contributed by atoms with Gasteiger partial charge in [0, 0.05) is 25.2 Å². The summed E-state index contributed by atoms with van der Waals surface area (Å²) in [5.74, 6) is 0.518. The molecule has 3 rings (SSSR count). The third kappa shape index (κ3) is 3.16. The van der Waals surface area contributed by atoms with Crippen molar-refractivity contribution in [2.45, 2.75) is 17.2 Å². The first-order valence-corrected chi connectivity index (χ1v) is 8.39. The number of thiazole rings is 1. The lowest BCUT2D eigenvalue weighted by atomic mass is 10.3. The number of rotatable bonds is 4. The lowest BCUT2D eigenvalue weighted by Gasteiger charge is -2.13. The molecular formula is C13H13N3O3S2. The lowest BCUT2D eigenvalue weighted by molar-refractivity contribution is -0.384. The molecule has 1 aromatic heterocycles. The molecule has 1 amide bonds. The van der Waals surface area contributed by atoms with Crippen LogP contribution in [0.2, 0.25) is 0 Å². The number of non-ortho nitro benzene ring substituents is 1. The van der Waals surface area contributed by atoms with Crippen LogP contribution in [-0.2, 0) is 4.79 Å². The Morgan fingerprint density at radius 3 is 2.90 bits per heavy atom. The molecule has 1 aromatic carbocycles. The van der Waals surface area contributed by atoms with Crippen molar-refractivity contribution in [1.29, 1.82) is 0 Å². The summed E-state index contributed by atoms with van der Waals surface area (Å²) in [5, 5.41) is 10.7. The number of likely N-dealkylation sites (tertiary alicyclic amines) is 1. The zero-order valence-electron chi connectivity index (χ0n) is 11.2. The highest BCUT2D eigenvalue weighted by molar-refractivity contribution is 8.01. The number of hydrogen-bond donors (Lipinski definition) is 0. The summed E-state index contributed by atoms with van der Waals surface area (Å²) in [6.45, 7) is 1.71. The number of thioether (sulfide) groups is 1. The van der Waals surface area contributed by atoms with Crippen molar-refractivity contribution < 1.29 is 9.72 Å². The maximum absolute atomic E-state index is 12.0. The van der Waals surface area contributed by atoms with Gasteiger partial charge in [0.2, 0.25) is 5.91 Å². The molecule has 2 heterocycles. The number of carbonyl (C=O) groups is 1. The molecule has 0 spiro atoms. The molecule has 8 heteroatoms. The van der Waals surface area contributed by atoms with E-state index in [0.717, 1.165) is 40.5 Å². The Morgan fingerprint density at radius 2 is 2.19 bits per heavy atom. The number of nitro benzene ring substituents is 1. The number of amides is 1. The maximum atomic E-state index is 12.0. The van der Waals surface area contributed by atoms with Gasteiger partial charge in [-0.05, 0) is 18.9 Å². The molecule has 6 nitrogen and oxygen atoms in total. The van der Waals surface area contributed by atoms with E-state index in [1.54, 1.807) is 6.07 Å². The van der Waals surface area contributed by atoms with Gasteiger partial charge in [0.05, 0.1) is 20.9 Å². The van der Waals surface area contributed by atoms with Crippen LogP contribution in [0.5, 0.6) is 0 Å². The van der Waals surface area contributed by atoms with Crippen molar-refractivity contribution in [3.8, 4) is 0 Å². The molecule has 0 aliphatic carbocycles. The van der Waals surface area contributed by atoms with Crippen LogP contribution in [0.25, 0.3) is 10.2 Å². The minimum absolute atomic E-state index is 0.0656. The van der Waals surface area contributed by atoms with Gasteiger partial charge in [0.15, 0.2) is 4.34 Å². The summed E-state index contributed by atoms with van der Waals surface area (Å²) in [7, 11) is 0. The van der Waals surface area contributed by atoms with Crippen molar-refractivity contribution in [1.82, 2.24) is 9.88 Å². The molecule has 0 radical (unpaired) electrons. The van der Waals surface area contributed by atoms with Crippen LogP contribution in [0, 0.1) is 10.1 Å². The summed E-state index contributed by atoms with van der Waals surface area (Å²) in [6, 6.07) is 4.63. The summed E-state index contributed by atoms with van der Waals surface area (Å²) in [4.78, 5) is 28.6. The third-order valence-corrected chi connectivity index (χ3v) is 5.49. The largest absolute Gasteiger partial charge is 0.342 e. The zero-order valence-corrected chi connectivity index (χ0v) is 12.8. The normalized spacial score (nSPS) is 14.8. The molecule has 0 saturated carbocycles. The van der Waals surface area contributed by atoms with E-state index in [4.69, 9.17) is 0 Å². The molecule has 2 aromatic rings. The predicted molar refractivity (Wildman–Crippen MR) is 82.8 cm³/mol. The van der Waals surface area contributed by atoms with Crippen molar-refractivity contribution >= 4 is 44.9 Å². The van der Waals surface area contributed by atoms with Crippen molar-refractivity contribution in [2.24, 2.45) is 0 Å². The minimum atomic E-state index is -0.414. The molecule has 0 unspecified atom stereocenters. The second-order valence-corrected chi connectivity index (χ2v) is 7.02. The molecule has 1 aliphatic rings. The second-order valence-electron chi connectivity index (χ2n) is 4.77. The molecule has 0 N–H and O–H groups in total. The minimum Gasteiger partial charge on any atom is -0.342 e. The van der Waals surface area contributed by atoms with E-state index >= 15 is 0 Å². The fraction of sp³-hybridized carbons (Fsp3) is 0.385. The Morgan fingerprint density at radius 1 is 1.43 bits per heavy atom. The molecule has 0 bridgehead atoms. The Bertz CT molecular complexity index is 695. The second kappa shape index (κ2) is 5.98. The van der Waals surface area contributed by atoms with E-state index in [1.165, 1.54) is 35.2 Å². The predicted octanol–water partition coefficient (Wildman–Crippen LogP) is 2.92. The highest BCUT2D eigenvalue weighted by atomic mass is 32.2. The molecule has 1 aliphatic heterocycles. The van der Waals surface area contributed by atoms with Gasteiger partial charge in [-0.15, -0.1) is 11.3 Å². The highest BCUT2D eigenvalue weighted by Crippen LogP contribution is 2.32. The van der Waals surface area contributed by atoms with E-state index in [2.05, 4.69) is 4.98 Å². The molecule has 0 atom stereocenters. The SMILES string of the molecule is O=C(CSc1nc2ccc([N+](=O)[O-])cc2s1)N1CCCC1. The van der Waals surface area contributed by atoms with E-state index in [-0.39, 0.29) is 11.6 Å². The Balaban J connectivity index is 1.69. The van der Waals surface area contributed by atoms with Crippen LogP contribution in [0.4, 0.5) is 5.69 Å². The topological polar surface area (TPSA) is 76.3 Å². The number of carbonyl (C=O) groups excluding carboxylic acids is 1. The summed E-state index contributed by atoms with van der Waals surface area (Å²) >= 11 is 2.79. The molecule has 1 fully saturated rings. The van der Waals surface area contributed by atoms with Gasteiger partial charge >= 0.3 is 0 Å². The summed E-state index contributed by atoms with van der Waals surface area (Å²) < 4.78 is 1.55. The zero-order chi connectivity index (χ0) is 14.8. The first-order valence-electron chi connectivity index (χ1n) is 6.59. The first kappa shape index (κ1) is 14.3. The molecule has 110 valence electrons. The highest BCUT2D eigenvalue weighted by Gasteiger charge is 2.18. The standard InChI is InChI=1S/C13H13N3O3S2/c17-12(15-5-1-2-6-15)8-20-13-14-10-4-3-9(16(18)19)7-11(10)21-13/h3-4,7H,1-2,5-6,8H2. The van der Waals surface area contributed by atoms with E-state index in [0.29, 0.717) is 5.75 Å². The summed E-state index contributed by atoms with van der Waals surface area (Å²) in [5.41, 5.74) is 0.803. The van der Waals surface area contributed by atoms with E-state index < -0.39 is 4.92 Å². The van der Waals surface area contributed by atoms with Crippen molar-refractivity contribution in [3.05, 3.63) is 28.3 Å². The smallest absolute Gasteiger partial charge is 0.270 e. The van der Waals surface area contributed by atoms with Gasteiger partial charge < -0.3 is 4.90 Å². The average molecular weight is 323 g/mol. The number of fused-ring (bicyclic) bond motifs is 1. The lowest BCUT2D eigenvalue weighted by Crippen LogP contribution is -2.29. The fourth-order valence-corrected chi connectivity index (χ4v) is 4.25. The Hall–Kier alpha value is -1.67. The quantitative estimate of drug-likeness (QED) is 0.491. The van der Waals surface area contributed by atoms with Gasteiger partial charge in [-0.1, -0.05) is 11.8 Å². The number of hydrogen-bond acceptors (Lipinski definition) is 6. The number of aromatic nitrogens is 1. The average Bonchev–Trinajstić information content (AvgIpc) is 3.12. The van der Waals surface area contributed by atoms with Crippen LogP contribution < -0.4 is 0 Å². The van der Waals surface area contributed by atoms with E-state index in [1.807, 2.05) is 4.90 Å². The molecular weight excluding hydrogens is 310 g/mol. The van der Waals surface area contributed by atoms with E-state index in [9.17, 15) is 14.9 Å². The van der Waals surface area contributed by atoms with Gasteiger partial charge in [-0.25, -0.2) is 4.98 Å². The van der Waals surface area contributed by atoms with Crippen LogP contribution in [0.1, 0.15) is 12.8 Å². The number of benzene rings is 1.